The summed E-state index contributed by atoms with van der Waals surface area (Å²) in [7, 11) is 0. The lowest BCUT2D eigenvalue weighted by atomic mass is 9.74. The van der Waals surface area contributed by atoms with Crippen LogP contribution in [0.25, 0.3) is 6.08 Å². The van der Waals surface area contributed by atoms with Crippen LogP contribution in [0.2, 0.25) is 0 Å². The van der Waals surface area contributed by atoms with Crippen molar-refractivity contribution in [3.05, 3.63) is 40.5 Å². The Morgan fingerprint density at radius 2 is 1.70 bits per heavy atom. The zero-order valence-corrected chi connectivity index (χ0v) is 14.2. The van der Waals surface area contributed by atoms with Crippen LogP contribution in [0.3, 0.4) is 0 Å². The third-order valence-electron chi connectivity index (χ3n) is 5.79. The molecule has 23 heavy (non-hydrogen) atoms. The van der Waals surface area contributed by atoms with Gasteiger partial charge in [-0.15, -0.1) is 0 Å². The van der Waals surface area contributed by atoms with Gasteiger partial charge in [0.05, 0.1) is 0 Å². The Kier molecular flexibility index (Phi) is 5.50. The topological polar surface area (TPSA) is 0 Å². The third-order valence-corrected chi connectivity index (χ3v) is 5.79. The summed E-state index contributed by atoms with van der Waals surface area (Å²) >= 11 is 0. The Bertz CT molecular complexity index is 565. The molecule has 0 bridgehead atoms. The van der Waals surface area contributed by atoms with Crippen LogP contribution in [0, 0.1) is 23.5 Å². The highest BCUT2D eigenvalue weighted by Gasteiger charge is 2.25. The van der Waals surface area contributed by atoms with Gasteiger partial charge in [-0.1, -0.05) is 44.3 Å². The van der Waals surface area contributed by atoms with E-state index in [4.69, 9.17) is 0 Å². The fourth-order valence-electron chi connectivity index (χ4n) is 4.33. The SMILES string of the molecule is CCCCCC1CCC(C2=Cc3cc(F)c(F)cc3CC2)CC1. The molecule has 1 saturated carbocycles. The van der Waals surface area contributed by atoms with Crippen LogP contribution in [0.15, 0.2) is 17.7 Å². The van der Waals surface area contributed by atoms with Crippen molar-refractivity contribution >= 4 is 6.08 Å². The van der Waals surface area contributed by atoms with Gasteiger partial charge in [0.1, 0.15) is 0 Å². The summed E-state index contributed by atoms with van der Waals surface area (Å²) in [5.41, 5.74) is 3.33. The van der Waals surface area contributed by atoms with E-state index in [1.807, 2.05) is 0 Å². The normalized spacial score (nSPS) is 24.2. The predicted octanol–water partition coefficient (Wildman–Crippen LogP) is 6.68. The molecule has 0 N–H and O–H groups in total. The van der Waals surface area contributed by atoms with E-state index < -0.39 is 11.6 Å². The molecule has 0 radical (unpaired) electrons. The molecule has 2 aliphatic carbocycles. The number of benzene rings is 1. The van der Waals surface area contributed by atoms with Crippen LogP contribution in [-0.2, 0) is 6.42 Å². The molecule has 1 aromatic carbocycles. The largest absolute Gasteiger partial charge is 0.204 e. The van der Waals surface area contributed by atoms with Crippen molar-refractivity contribution in [3.63, 3.8) is 0 Å². The number of rotatable bonds is 5. The summed E-state index contributed by atoms with van der Waals surface area (Å²) in [6.07, 6.45) is 14.7. The summed E-state index contributed by atoms with van der Waals surface area (Å²) in [6, 6.07) is 2.75. The first-order chi connectivity index (χ1) is 11.2. The number of aryl methyl sites for hydroxylation is 1. The minimum Gasteiger partial charge on any atom is -0.204 e. The lowest BCUT2D eigenvalue weighted by Gasteiger charge is -2.32. The van der Waals surface area contributed by atoms with Crippen LogP contribution in [0.4, 0.5) is 8.78 Å². The van der Waals surface area contributed by atoms with Crippen LogP contribution in [-0.4, -0.2) is 0 Å². The van der Waals surface area contributed by atoms with Crippen molar-refractivity contribution in [1.82, 2.24) is 0 Å². The zero-order valence-electron chi connectivity index (χ0n) is 14.2. The molecule has 0 unspecified atom stereocenters. The molecule has 2 heteroatoms. The fourth-order valence-corrected chi connectivity index (χ4v) is 4.33. The van der Waals surface area contributed by atoms with E-state index in [2.05, 4.69) is 13.0 Å². The van der Waals surface area contributed by atoms with Gasteiger partial charge < -0.3 is 0 Å². The summed E-state index contributed by atoms with van der Waals surface area (Å²) < 4.78 is 26.8. The van der Waals surface area contributed by atoms with E-state index >= 15 is 0 Å². The smallest absolute Gasteiger partial charge is 0.159 e. The first kappa shape index (κ1) is 16.7. The maximum atomic E-state index is 13.5. The maximum Gasteiger partial charge on any atom is 0.159 e. The van der Waals surface area contributed by atoms with E-state index in [0.717, 1.165) is 29.9 Å². The van der Waals surface area contributed by atoms with E-state index in [0.29, 0.717) is 5.92 Å². The Labute approximate surface area is 139 Å². The molecule has 0 saturated heterocycles. The average Bonchev–Trinajstić information content (AvgIpc) is 2.56. The number of hydrogen-bond donors (Lipinski definition) is 0. The molecular weight excluding hydrogens is 290 g/mol. The summed E-state index contributed by atoms with van der Waals surface area (Å²) in [6.45, 7) is 2.26. The standard InChI is InChI=1S/C21H28F2/c1-2-3-4-5-15-6-8-16(9-7-15)17-10-11-18-13-20(22)21(23)14-19(18)12-17/h12-16H,2-11H2,1H3. The van der Waals surface area contributed by atoms with Crippen molar-refractivity contribution in [2.75, 3.05) is 0 Å². The van der Waals surface area contributed by atoms with Gasteiger partial charge in [0.15, 0.2) is 11.6 Å². The van der Waals surface area contributed by atoms with Gasteiger partial charge in [0.2, 0.25) is 0 Å². The molecule has 1 fully saturated rings. The van der Waals surface area contributed by atoms with Crippen molar-refractivity contribution in [1.29, 1.82) is 0 Å². The first-order valence-electron chi connectivity index (χ1n) is 9.35. The minimum atomic E-state index is -0.721. The van der Waals surface area contributed by atoms with Gasteiger partial charge >= 0.3 is 0 Å². The van der Waals surface area contributed by atoms with Crippen molar-refractivity contribution in [2.45, 2.75) is 71.1 Å². The fraction of sp³-hybridized carbons (Fsp3) is 0.619. The molecule has 0 atom stereocenters. The second-order valence-electron chi connectivity index (χ2n) is 7.40. The third kappa shape index (κ3) is 4.02. The number of allylic oxidation sites excluding steroid dienone is 1. The van der Waals surface area contributed by atoms with Gasteiger partial charge in [-0.25, -0.2) is 8.78 Å². The van der Waals surface area contributed by atoms with E-state index in [-0.39, 0.29) is 0 Å². The quantitative estimate of drug-likeness (QED) is 0.531. The van der Waals surface area contributed by atoms with Gasteiger partial charge in [0.25, 0.3) is 0 Å². The highest BCUT2D eigenvalue weighted by atomic mass is 19.2. The van der Waals surface area contributed by atoms with Gasteiger partial charge in [0, 0.05) is 0 Å². The Morgan fingerprint density at radius 3 is 2.43 bits per heavy atom. The molecule has 0 aromatic heterocycles. The van der Waals surface area contributed by atoms with E-state index in [1.54, 1.807) is 0 Å². The molecule has 126 valence electrons. The minimum absolute atomic E-state index is 0.665. The number of unbranched alkanes of at least 4 members (excludes halogenated alkanes) is 2. The number of halogens is 2. The van der Waals surface area contributed by atoms with Crippen molar-refractivity contribution in [2.24, 2.45) is 11.8 Å². The highest BCUT2D eigenvalue weighted by Crippen LogP contribution is 2.39. The van der Waals surface area contributed by atoms with Crippen LogP contribution >= 0.6 is 0 Å². The predicted molar refractivity (Wildman–Crippen MR) is 92.2 cm³/mol. The number of fused-ring (bicyclic) bond motifs is 1. The summed E-state index contributed by atoms with van der Waals surface area (Å²) in [5, 5.41) is 0. The lowest BCUT2D eigenvalue weighted by Crippen LogP contribution is -2.18. The van der Waals surface area contributed by atoms with E-state index in [1.165, 1.54) is 69.1 Å². The van der Waals surface area contributed by atoms with Gasteiger partial charge in [-0.05, 0) is 73.6 Å². The average molecular weight is 318 g/mol. The molecule has 3 rings (SSSR count). The molecular formula is C21H28F2. The van der Waals surface area contributed by atoms with Gasteiger partial charge in [-0.2, -0.15) is 0 Å². The summed E-state index contributed by atoms with van der Waals surface area (Å²) in [4.78, 5) is 0. The number of hydrogen-bond acceptors (Lipinski definition) is 0. The first-order valence-corrected chi connectivity index (χ1v) is 9.35. The van der Waals surface area contributed by atoms with Crippen molar-refractivity contribution < 1.29 is 8.78 Å². The molecule has 1 aromatic rings. The molecule has 0 aliphatic heterocycles. The van der Waals surface area contributed by atoms with Crippen LogP contribution in [0.5, 0.6) is 0 Å². The van der Waals surface area contributed by atoms with Gasteiger partial charge in [-0.3, -0.25) is 0 Å². The highest BCUT2D eigenvalue weighted by molar-refractivity contribution is 5.60. The molecule has 0 spiro atoms. The second kappa shape index (κ2) is 7.59. The molecule has 0 heterocycles. The second-order valence-corrected chi connectivity index (χ2v) is 7.40. The van der Waals surface area contributed by atoms with Crippen molar-refractivity contribution in [3.8, 4) is 0 Å². The Morgan fingerprint density at radius 1 is 0.957 bits per heavy atom. The van der Waals surface area contributed by atoms with Crippen LogP contribution < -0.4 is 0 Å². The molecule has 0 amide bonds. The monoisotopic (exact) mass is 318 g/mol. The Balaban J connectivity index is 1.60. The van der Waals surface area contributed by atoms with E-state index in [9.17, 15) is 8.78 Å². The molecule has 2 aliphatic rings. The molecule has 0 nitrogen and oxygen atoms in total. The maximum absolute atomic E-state index is 13.5. The Hall–Kier alpha value is -1.18. The lowest BCUT2D eigenvalue weighted by molar-refractivity contribution is 0.279. The zero-order chi connectivity index (χ0) is 16.2. The summed E-state index contributed by atoms with van der Waals surface area (Å²) in [5.74, 6) is 0.147. The van der Waals surface area contributed by atoms with Crippen LogP contribution in [0.1, 0.15) is 75.8 Å².